The number of aromatic nitrogens is 1. The molecule has 0 radical (unpaired) electrons. The maximum Gasteiger partial charge on any atom is 0.358 e. The molecule has 0 aliphatic rings. The molecule has 2 aromatic carbocycles. The summed E-state index contributed by atoms with van der Waals surface area (Å²) in [5.74, 6) is -0.919. The van der Waals surface area contributed by atoms with Crippen LogP contribution in [-0.4, -0.2) is 30.0 Å². The summed E-state index contributed by atoms with van der Waals surface area (Å²) in [6, 6.07) is 20.0. The van der Waals surface area contributed by atoms with Gasteiger partial charge in [-0.15, -0.1) is 11.3 Å². The molecule has 0 spiro atoms. The van der Waals surface area contributed by atoms with Crippen LogP contribution in [0.4, 0.5) is 5.13 Å². The number of benzene rings is 2. The molecule has 29 heavy (non-hydrogen) atoms. The van der Waals surface area contributed by atoms with Crippen LogP contribution in [0.3, 0.4) is 0 Å². The first-order chi connectivity index (χ1) is 14.2. The van der Waals surface area contributed by atoms with Crippen LogP contribution in [-0.2, 0) is 22.5 Å². The van der Waals surface area contributed by atoms with Crippen molar-refractivity contribution in [2.75, 3.05) is 18.5 Å². The monoisotopic (exact) mass is 409 g/mol. The highest BCUT2D eigenvalue weighted by Crippen LogP contribution is 2.17. The van der Waals surface area contributed by atoms with Gasteiger partial charge >= 0.3 is 5.97 Å². The van der Waals surface area contributed by atoms with Crippen LogP contribution in [0.15, 0.2) is 66.0 Å². The third-order valence-electron chi connectivity index (χ3n) is 4.14. The average Bonchev–Trinajstić information content (AvgIpc) is 3.24. The molecule has 3 rings (SSSR count). The molecule has 150 valence electrons. The van der Waals surface area contributed by atoms with Gasteiger partial charge in [0.2, 0.25) is 0 Å². The first kappa shape index (κ1) is 20.5. The fraction of sp³-hybridized carbons (Fsp3) is 0.227. The van der Waals surface area contributed by atoms with Crippen molar-refractivity contribution in [3.8, 4) is 0 Å². The quantitative estimate of drug-likeness (QED) is 0.395. The topological polar surface area (TPSA) is 80.3 Å². The minimum Gasteiger partial charge on any atom is -0.451 e. The number of hydrogen-bond acceptors (Lipinski definition) is 6. The molecule has 2 N–H and O–H groups in total. The second-order valence-electron chi connectivity index (χ2n) is 6.39. The van der Waals surface area contributed by atoms with Crippen LogP contribution in [0, 0.1) is 0 Å². The van der Waals surface area contributed by atoms with E-state index in [1.54, 1.807) is 5.38 Å². The SMILES string of the molecule is O=C(COC(=O)c1csc(NCc2ccccc2)n1)NCCCc1ccccc1. The summed E-state index contributed by atoms with van der Waals surface area (Å²) in [4.78, 5) is 28.1. The van der Waals surface area contributed by atoms with E-state index in [0.717, 1.165) is 18.4 Å². The van der Waals surface area contributed by atoms with Crippen LogP contribution >= 0.6 is 11.3 Å². The van der Waals surface area contributed by atoms with Crippen LogP contribution in [0.1, 0.15) is 28.0 Å². The van der Waals surface area contributed by atoms with Crippen LogP contribution in [0.25, 0.3) is 0 Å². The first-order valence-corrected chi connectivity index (χ1v) is 10.3. The molecule has 0 saturated heterocycles. The standard InChI is InChI=1S/C22H23N3O3S/c26-20(23-13-7-12-17-8-3-1-4-9-17)15-28-21(27)19-16-29-22(25-19)24-14-18-10-5-2-6-11-18/h1-6,8-11,16H,7,12-15H2,(H,23,26)(H,24,25). The minimum absolute atomic E-state index is 0.197. The maximum absolute atomic E-state index is 12.1. The lowest BCUT2D eigenvalue weighted by molar-refractivity contribution is -0.124. The van der Waals surface area contributed by atoms with Gasteiger partial charge < -0.3 is 15.4 Å². The number of anilines is 1. The fourth-order valence-corrected chi connectivity index (χ4v) is 3.32. The Morgan fingerprint density at radius 3 is 2.38 bits per heavy atom. The van der Waals surface area contributed by atoms with Gasteiger partial charge in [-0.25, -0.2) is 9.78 Å². The van der Waals surface area contributed by atoms with Gasteiger partial charge in [0.25, 0.3) is 5.91 Å². The molecule has 1 aromatic heterocycles. The van der Waals surface area contributed by atoms with Gasteiger partial charge in [-0.1, -0.05) is 60.7 Å². The smallest absolute Gasteiger partial charge is 0.358 e. The summed E-state index contributed by atoms with van der Waals surface area (Å²) >= 11 is 1.32. The van der Waals surface area contributed by atoms with Gasteiger partial charge in [-0.3, -0.25) is 4.79 Å². The summed E-state index contributed by atoms with van der Waals surface area (Å²) < 4.78 is 5.05. The van der Waals surface area contributed by atoms with E-state index in [9.17, 15) is 9.59 Å². The average molecular weight is 410 g/mol. The summed E-state index contributed by atoms with van der Waals surface area (Å²) in [5.41, 5.74) is 2.55. The van der Waals surface area contributed by atoms with Crippen molar-refractivity contribution < 1.29 is 14.3 Å². The van der Waals surface area contributed by atoms with E-state index in [1.807, 2.05) is 48.5 Å². The Bertz CT molecular complexity index is 913. The normalized spacial score (nSPS) is 10.3. The number of aryl methyl sites for hydroxylation is 1. The summed E-state index contributed by atoms with van der Waals surface area (Å²) in [6.45, 7) is 0.845. The highest BCUT2D eigenvalue weighted by atomic mass is 32.1. The Balaban J connectivity index is 1.33. The number of amides is 1. The van der Waals surface area contributed by atoms with E-state index in [1.165, 1.54) is 16.9 Å². The Morgan fingerprint density at radius 2 is 1.66 bits per heavy atom. The number of nitrogens with one attached hydrogen (secondary N) is 2. The molecule has 7 heteroatoms. The molecule has 0 unspecified atom stereocenters. The van der Waals surface area contributed by atoms with Gasteiger partial charge in [0.15, 0.2) is 17.4 Å². The molecular formula is C22H23N3O3S. The maximum atomic E-state index is 12.1. The molecule has 1 amide bonds. The van der Waals surface area contributed by atoms with Crippen molar-refractivity contribution in [2.45, 2.75) is 19.4 Å². The van der Waals surface area contributed by atoms with Crippen molar-refractivity contribution in [2.24, 2.45) is 0 Å². The van der Waals surface area contributed by atoms with E-state index in [4.69, 9.17) is 4.74 Å². The van der Waals surface area contributed by atoms with E-state index >= 15 is 0 Å². The lowest BCUT2D eigenvalue weighted by Gasteiger charge is -2.06. The fourth-order valence-electron chi connectivity index (χ4n) is 2.64. The highest BCUT2D eigenvalue weighted by molar-refractivity contribution is 7.13. The van der Waals surface area contributed by atoms with Crippen molar-refractivity contribution >= 4 is 28.3 Å². The molecule has 0 saturated carbocycles. The van der Waals surface area contributed by atoms with Crippen LogP contribution in [0.2, 0.25) is 0 Å². The molecule has 0 bridgehead atoms. The van der Waals surface area contributed by atoms with Gasteiger partial charge in [0.1, 0.15) is 0 Å². The lowest BCUT2D eigenvalue weighted by Crippen LogP contribution is -2.29. The number of carbonyl (C=O) groups excluding carboxylic acids is 2. The number of nitrogens with zero attached hydrogens (tertiary/aromatic N) is 1. The van der Waals surface area contributed by atoms with Crippen molar-refractivity contribution in [1.29, 1.82) is 0 Å². The predicted octanol–water partition coefficient (Wildman–Crippen LogP) is 3.66. The summed E-state index contributed by atoms with van der Waals surface area (Å²) in [7, 11) is 0. The molecule has 0 aliphatic carbocycles. The third-order valence-corrected chi connectivity index (χ3v) is 4.94. The van der Waals surface area contributed by atoms with E-state index < -0.39 is 5.97 Å². The van der Waals surface area contributed by atoms with Gasteiger partial charge in [0, 0.05) is 18.5 Å². The minimum atomic E-state index is -0.603. The highest BCUT2D eigenvalue weighted by Gasteiger charge is 2.14. The molecule has 3 aromatic rings. The number of rotatable bonds is 10. The van der Waals surface area contributed by atoms with E-state index in [2.05, 4.69) is 27.8 Å². The molecule has 6 nitrogen and oxygen atoms in total. The zero-order chi connectivity index (χ0) is 20.3. The van der Waals surface area contributed by atoms with E-state index in [-0.39, 0.29) is 18.2 Å². The van der Waals surface area contributed by atoms with Crippen LogP contribution in [0.5, 0.6) is 0 Å². The van der Waals surface area contributed by atoms with Gasteiger partial charge in [0.05, 0.1) is 0 Å². The second kappa shape index (κ2) is 11.0. The van der Waals surface area contributed by atoms with Crippen LogP contribution < -0.4 is 10.6 Å². The number of esters is 1. The van der Waals surface area contributed by atoms with Crippen molar-refractivity contribution in [3.63, 3.8) is 0 Å². The van der Waals surface area contributed by atoms with E-state index in [0.29, 0.717) is 18.2 Å². The lowest BCUT2D eigenvalue weighted by atomic mass is 10.1. The number of hydrogen-bond donors (Lipinski definition) is 2. The third kappa shape index (κ3) is 7.04. The zero-order valence-corrected chi connectivity index (χ0v) is 16.8. The van der Waals surface area contributed by atoms with Crippen molar-refractivity contribution in [3.05, 3.63) is 82.9 Å². The van der Waals surface area contributed by atoms with Gasteiger partial charge in [-0.2, -0.15) is 0 Å². The predicted molar refractivity (Wildman–Crippen MR) is 114 cm³/mol. The Kier molecular flexibility index (Phi) is 7.77. The molecule has 0 aliphatic heterocycles. The largest absolute Gasteiger partial charge is 0.451 e. The Labute approximate surface area is 173 Å². The summed E-state index contributed by atoms with van der Waals surface area (Å²) in [6.07, 6.45) is 1.71. The molecule has 1 heterocycles. The molecule has 0 fully saturated rings. The van der Waals surface area contributed by atoms with Crippen molar-refractivity contribution in [1.82, 2.24) is 10.3 Å². The van der Waals surface area contributed by atoms with Gasteiger partial charge in [-0.05, 0) is 24.0 Å². The summed E-state index contributed by atoms with van der Waals surface area (Å²) in [5, 5.41) is 8.18. The number of carbonyl (C=O) groups is 2. The number of ether oxygens (including phenoxy) is 1. The Morgan fingerprint density at radius 1 is 0.966 bits per heavy atom. The first-order valence-electron chi connectivity index (χ1n) is 9.42. The zero-order valence-electron chi connectivity index (χ0n) is 16.0. The molecular weight excluding hydrogens is 386 g/mol. The number of thiazole rings is 1. The molecule has 0 atom stereocenters. The Hall–Kier alpha value is -3.19. The second-order valence-corrected chi connectivity index (χ2v) is 7.25.